The number of rotatable bonds is 8. The van der Waals surface area contributed by atoms with Crippen LogP contribution in [-0.4, -0.2) is 52.2 Å². The van der Waals surface area contributed by atoms with Crippen molar-refractivity contribution in [3.63, 3.8) is 0 Å². The fourth-order valence-corrected chi connectivity index (χ4v) is 2.90. The number of nitrogens with one attached hydrogen (secondary N) is 1. The predicted molar refractivity (Wildman–Crippen MR) is 118 cm³/mol. The summed E-state index contributed by atoms with van der Waals surface area (Å²) in [6.07, 6.45) is 1.37. The van der Waals surface area contributed by atoms with Crippen molar-refractivity contribution >= 4 is 17.5 Å². The molecule has 3 aromatic rings. The number of hydrogen-bond donors (Lipinski definition) is 3. The molecule has 0 fully saturated rings. The summed E-state index contributed by atoms with van der Waals surface area (Å²) in [5.41, 5.74) is 6.91. The van der Waals surface area contributed by atoms with Crippen molar-refractivity contribution in [3.05, 3.63) is 65.4 Å². The lowest BCUT2D eigenvalue weighted by Crippen LogP contribution is -2.28. The van der Waals surface area contributed by atoms with E-state index in [2.05, 4.69) is 27.3 Å². The number of aromatic nitrogens is 2. The molecule has 0 aliphatic carbocycles. The smallest absolute Gasteiger partial charge is 0.269 e. The Balaban J connectivity index is 1.83. The van der Waals surface area contributed by atoms with Gasteiger partial charge < -0.3 is 25.6 Å². The van der Waals surface area contributed by atoms with Gasteiger partial charge >= 0.3 is 0 Å². The van der Waals surface area contributed by atoms with Gasteiger partial charge in [0, 0.05) is 36.9 Å². The summed E-state index contributed by atoms with van der Waals surface area (Å²) in [6, 6.07) is 9.38. The van der Waals surface area contributed by atoms with Crippen LogP contribution in [0.25, 0.3) is 11.3 Å². The van der Waals surface area contributed by atoms with Crippen LogP contribution in [0.5, 0.6) is 0 Å². The number of nitrogens with zero attached hydrogens (tertiary/aromatic N) is 3. The standard InChI is InChI=1S/C23H22FN5O4/c1-29(9-10-30)20(31)7-3-5-15-4-2-6-16(12-15)21-18(24)13-19(22(27-21)23(25)32)26-14-17-8-11-33-28-17/h2,4,6,8,11-13,26,30H,7,9-10,14H2,1H3,(H2,25,32). The van der Waals surface area contributed by atoms with Gasteiger partial charge in [-0.05, 0) is 12.1 Å². The van der Waals surface area contributed by atoms with Gasteiger partial charge in [-0.2, -0.15) is 0 Å². The number of hydrogen-bond acceptors (Lipinski definition) is 7. The highest BCUT2D eigenvalue weighted by molar-refractivity contribution is 5.97. The van der Waals surface area contributed by atoms with E-state index >= 15 is 0 Å². The number of benzene rings is 1. The van der Waals surface area contributed by atoms with Crippen LogP contribution in [0.4, 0.5) is 10.1 Å². The molecule has 9 nitrogen and oxygen atoms in total. The quantitative estimate of drug-likeness (QED) is 0.444. The fraction of sp³-hybridized carbons (Fsp3) is 0.217. The lowest BCUT2D eigenvalue weighted by molar-refractivity contribution is -0.129. The van der Waals surface area contributed by atoms with E-state index in [1.54, 1.807) is 37.4 Å². The molecule has 4 N–H and O–H groups in total. The molecule has 0 saturated carbocycles. The minimum atomic E-state index is -0.819. The van der Waals surface area contributed by atoms with Crippen LogP contribution < -0.4 is 11.1 Å². The first-order valence-corrected chi connectivity index (χ1v) is 9.96. The number of amides is 2. The number of likely N-dealkylation sites (N-methyl/N-ethyl adjacent to an activating group) is 1. The van der Waals surface area contributed by atoms with Gasteiger partial charge in [0.15, 0.2) is 11.5 Å². The third kappa shape index (κ3) is 6.15. The normalized spacial score (nSPS) is 10.3. The maximum atomic E-state index is 14.9. The van der Waals surface area contributed by atoms with E-state index in [1.807, 2.05) is 0 Å². The molecule has 0 aliphatic heterocycles. The number of nitrogens with two attached hydrogens (primary N) is 1. The van der Waals surface area contributed by atoms with Crippen LogP contribution in [0.1, 0.15) is 28.2 Å². The largest absolute Gasteiger partial charge is 0.395 e. The van der Waals surface area contributed by atoms with Crippen molar-refractivity contribution in [1.29, 1.82) is 0 Å². The second-order valence-electron chi connectivity index (χ2n) is 7.02. The van der Waals surface area contributed by atoms with Gasteiger partial charge in [0.05, 0.1) is 25.3 Å². The SMILES string of the molecule is CN(CCO)C(=O)CC#Cc1cccc(-c2nc(C(N)=O)c(NCc3ccon3)cc2F)c1. The van der Waals surface area contributed by atoms with Gasteiger partial charge in [-0.25, -0.2) is 9.37 Å². The van der Waals surface area contributed by atoms with E-state index in [1.165, 1.54) is 11.2 Å². The first-order chi connectivity index (χ1) is 15.9. The first kappa shape index (κ1) is 23.4. The molecule has 10 heteroatoms. The zero-order valence-electron chi connectivity index (χ0n) is 17.8. The zero-order valence-corrected chi connectivity index (χ0v) is 17.8. The van der Waals surface area contributed by atoms with Gasteiger partial charge in [0.25, 0.3) is 5.91 Å². The van der Waals surface area contributed by atoms with Crippen molar-refractivity contribution < 1.29 is 23.6 Å². The van der Waals surface area contributed by atoms with Crippen LogP contribution in [0.15, 0.2) is 47.2 Å². The molecule has 0 aliphatic rings. The summed E-state index contributed by atoms with van der Waals surface area (Å²) < 4.78 is 19.6. The molecule has 3 rings (SSSR count). The topological polar surface area (TPSA) is 135 Å². The molecule has 0 spiro atoms. The Morgan fingerprint density at radius 2 is 2.12 bits per heavy atom. The summed E-state index contributed by atoms with van der Waals surface area (Å²) in [4.78, 5) is 29.4. The number of anilines is 1. The minimum Gasteiger partial charge on any atom is -0.395 e. The van der Waals surface area contributed by atoms with Crippen LogP contribution in [-0.2, 0) is 11.3 Å². The van der Waals surface area contributed by atoms with Crippen LogP contribution >= 0.6 is 0 Å². The third-order valence-corrected chi connectivity index (χ3v) is 4.63. The molecule has 33 heavy (non-hydrogen) atoms. The predicted octanol–water partition coefficient (Wildman–Crippen LogP) is 1.78. The highest BCUT2D eigenvalue weighted by atomic mass is 19.1. The number of carbonyl (C=O) groups is 2. The summed E-state index contributed by atoms with van der Waals surface area (Å²) in [6.45, 7) is 0.291. The van der Waals surface area contributed by atoms with Gasteiger partial charge in [-0.15, -0.1) is 0 Å². The van der Waals surface area contributed by atoms with Crippen molar-refractivity contribution in [2.24, 2.45) is 5.73 Å². The number of aliphatic hydroxyl groups excluding tert-OH is 1. The zero-order chi connectivity index (χ0) is 23.8. The Bertz CT molecular complexity index is 1200. The van der Waals surface area contributed by atoms with E-state index in [9.17, 15) is 14.0 Å². The lowest BCUT2D eigenvalue weighted by atomic mass is 10.1. The monoisotopic (exact) mass is 451 g/mol. The Labute approximate surface area is 189 Å². The molecular weight excluding hydrogens is 429 g/mol. The highest BCUT2D eigenvalue weighted by Gasteiger charge is 2.17. The average Bonchev–Trinajstić information content (AvgIpc) is 3.31. The van der Waals surface area contributed by atoms with E-state index in [0.29, 0.717) is 16.8 Å². The van der Waals surface area contributed by atoms with Gasteiger partial charge in [-0.3, -0.25) is 9.59 Å². The Morgan fingerprint density at radius 1 is 1.30 bits per heavy atom. The van der Waals surface area contributed by atoms with Gasteiger partial charge in [-0.1, -0.05) is 29.1 Å². The molecule has 0 radical (unpaired) electrons. The first-order valence-electron chi connectivity index (χ1n) is 9.96. The molecule has 2 heterocycles. The summed E-state index contributed by atoms with van der Waals surface area (Å²) in [5.74, 6) is 3.93. The molecule has 0 bridgehead atoms. The van der Waals surface area contributed by atoms with Gasteiger partial charge in [0.1, 0.15) is 17.7 Å². The highest BCUT2D eigenvalue weighted by Crippen LogP contribution is 2.26. The van der Waals surface area contributed by atoms with E-state index < -0.39 is 11.7 Å². The second-order valence-corrected chi connectivity index (χ2v) is 7.02. The van der Waals surface area contributed by atoms with Gasteiger partial charge in [0.2, 0.25) is 5.91 Å². The molecule has 170 valence electrons. The Kier molecular flexibility index (Phi) is 7.73. The van der Waals surface area contributed by atoms with E-state index in [0.717, 1.165) is 6.07 Å². The molecule has 1 aromatic carbocycles. The molecule has 2 amide bonds. The molecule has 0 saturated heterocycles. The van der Waals surface area contributed by atoms with Crippen molar-refractivity contribution in [2.75, 3.05) is 25.5 Å². The second kappa shape index (κ2) is 10.9. The maximum Gasteiger partial charge on any atom is 0.269 e. The number of aliphatic hydroxyl groups is 1. The van der Waals surface area contributed by atoms with Crippen LogP contribution in [0, 0.1) is 17.7 Å². The van der Waals surface area contributed by atoms with Crippen molar-refractivity contribution in [2.45, 2.75) is 13.0 Å². The number of pyridine rings is 1. The van der Waals surface area contributed by atoms with E-state index in [4.69, 9.17) is 15.4 Å². The number of carbonyl (C=O) groups excluding carboxylic acids is 2. The number of halogens is 1. The molecule has 2 aromatic heterocycles. The van der Waals surface area contributed by atoms with Crippen LogP contribution in [0.2, 0.25) is 0 Å². The van der Waals surface area contributed by atoms with E-state index in [-0.39, 0.29) is 49.1 Å². The molecule has 0 unspecified atom stereocenters. The molecule has 0 atom stereocenters. The summed E-state index contributed by atoms with van der Waals surface area (Å²) >= 11 is 0. The fourth-order valence-electron chi connectivity index (χ4n) is 2.90. The Morgan fingerprint density at radius 3 is 2.82 bits per heavy atom. The van der Waals surface area contributed by atoms with Crippen LogP contribution in [0.3, 0.4) is 0 Å². The molecular formula is C23H22FN5O4. The summed E-state index contributed by atoms with van der Waals surface area (Å²) in [7, 11) is 1.58. The van der Waals surface area contributed by atoms with Crippen molar-refractivity contribution in [1.82, 2.24) is 15.0 Å². The van der Waals surface area contributed by atoms with Crippen molar-refractivity contribution in [3.8, 4) is 23.1 Å². The number of primary amides is 1. The maximum absolute atomic E-state index is 14.9. The average molecular weight is 451 g/mol. The Hall–Kier alpha value is -4.23. The third-order valence-electron chi connectivity index (χ3n) is 4.63. The lowest BCUT2D eigenvalue weighted by Gasteiger charge is -2.13. The minimum absolute atomic E-state index is 0.0228. The summed E-state index contributed by atoms with van der Waals surface area (Å²) in [5, 5.41) is 15.5.